The SMILES string of the molecule is O=S(=O)(Cc1ccc(F)cc1)N1CCN(C2CCNC2)CC1. The molecule has 122 valence electrons. The summed E-state index contributed by atoms with van der Waals surface area (Å²) in [7, 11) is -3.33. The molecule has 0 spiro atoms. The Morgan fingerprint density at radius 1 is 1.14 bits per heavy atom. The minimum atomic E-state index is -3.33. The average Bonchev–Trinajstić information content (AvgIpc) is 3.04. The molecule has 2 saturated heterocycles. The first kappa shape index (κ1) is 15.9. The minimum Gasteiger partial charge on any atom is -0.315 e. The maximum Gasteiger partial charge on any atom is 0.218 e. The van der Waals surface area contributed by atoms with E-state index in [-0.39, 0.29) is 11.6 Å². The second-order valence-electron chi connectivity index (χ2n) is 5.96. The van der Waals surface area contributed by atoms with E-state index >= 15 is 0 Å². The van der Waals surface area contributed by atoms with Gasteiger partial charge >= 0.3 is 0 Å². The highest BCUT2D eigenvalue weighted by Crippen LogP contribution is 2.17. The van der Waals surface area contributed by atoms with Crippen LogP contribution in [0.15, 0.2) is 24.3 Å². The molecule has 7 heteroatoms. The van der Waals surface area contributed by atoms with Gasteiger partial charge in [-0.2, -0.15) is 4.31 Å². The molecular weight excluding hydrogens is 305 g/mol. The lowest BCUT2D eigenvalue weighted by Crippen LogP contribution is -2.52. The van der Waals surface area contributed by atoms with Crippen LogP contribution in [0, 0.1) is 5.82 Å². The fraction of sp³-hybridized carbons (Fsp3) is 0.600. The molecule has 0 amide bonds. The number of hydrogen-bond acceptors (Lipinski definition) is 4. The third-order valence-corrected chi connectivity index (χ3v) is 6.33. The molecule has 5 nitrogen and oxygen atoms in total. The van der Waals surface area contributed by atoms with E-state index < -0.39 is 10.0 Å². The summed E-state index contributed by atoms with van der Waals surface area (Å²) in [6.07, 6.45) is 1.14. The standard InChI is InChI=1S/C15H22FN3O2S/c16-14-3-1-13(2-4-14)12-22(20,21)19-9-7-18(8-10-19)15-5-6-17-11-15/h1-4,15,17H,5-12H2. The van der Waals surface area contributed by atoms with Crippen molar-refractivity contribution in [1.29, 1.82) is 0 Å². The summed E-state index contributed by atoms with van der Waals surface area (Å²) in [5, 5.41) is 3.34. The van der Waals surface area contributed by atoms with Crippen LogP contribution in [-0.2, 0) is 15.8 Å². The van der Waals surface area contributed by atoms with Crippen molar-refractivity contribution in [3.63, 3.8) is 0 Å². The molecule has 1 aromatic carbocycles. The van der Waals surface area contributed by atoms with Gasteiger partial charge in [0.1, 0.15) is 5.82 Å². The van der Waals surface area contributed by atoms with Crippen molar-refractivity contribution in [1.82, 2.24) is 14.5 Å². The van der Waals surface area contributed by atoms with Crippen molar-refractivity contribution in [2.45, 2.75) is 18.2 Å². The molecule has 0 bridgehead atoms. The summed E-state index contributed by atoms with van der Waals surface area (Å²) in [4.78, 5) is 2.38. The zero-order valence-corrected chi connectivity index (χ0v) is 13.4. The molecule has 1 unspecified atom stereocenters. The number of benzene rings is 1. The fourth-order valence-corrected chi connectivity index (χ4v) is 4.70. The Bertz CT molecular complexity index is 592. The van der Waals surface area contributed by atoms with Crippen molar-refractivity contribution >= 4 is 10.0 Å². The number of rotatable bonds is 4. The summed E-state index contributed by atoms with van der Waals surface area (Å²) >= 11 is 0. The van der Waals surface area contributed by atoms with Crippen LogP contribution in [0.5, 0.6) is 0 Å². The quantitative estimate of drug-likeness (QED) is 0.882. The highest BCUT2D eigenvalue weighted by molar-refractivity contribution is 7.88. The lowest BCUT2D eigenvalue weighted by Gasteiger charge is -2.37. The number of nitrogens with one attached hydrogen (secondary N) is 1. The van der Waals surface area contributed by atoms with Crippen LogP contribution < -0.4 is 5.32 Å². The Morgan fingerprint density at radius 2 is 1.82 bits per heavy atom. The fourth-order valence-electron chi connectivity index (χ4n) is 3.18. The van der Waals surface area contributed by atoms with E-state index in [0.717, 1.165) is 32.6 Å². The second-order valence-corrected chi connectivity index (χ2v) is 7.93. The summed E-state index contributed by atoms with van der Waals surface area (Å²) in [6, 6.07) is 6.22. The van der Waals surface area contributed by atoms with E-state index in [1.807, 2.05) is 0 Å². The molecule has 1 aromatic rings. The molecule has 1 N–H and O–H groups in total. The first-order valence-corrected chi connectivity index (χ1v) is 9.32. The Morgan fingerprint density at radius 3 is 2.41 bits per heavy atom. The molecule has 2 aliphatic heterocycles. The van der Waals surface area contributed by atoms with E-state index in [0.29, 0.717) is 24.7 Å². The van der Waals surface area contributed by atoms with Crippen LogP contribution in [-0.4, -0.2) is 62.9 Å². The second kappa shape index (κ2) is 6.62. The van der Waals surface area contributed by atoms with Gasteiger partial charge in [0.2, 0.25) is 10.0 Å². The van der Waals surface area contributed by atoms with Gasteiger partial charge in [-0.25, -0.2) is 12.8 Å². The predicted molar refractivity (Wildman–Crippen MR) is 83.4 cm³/mol. The number of sulfonamides is 1. The number of hydrogen-bond donors (Lipinski definition) is 1. The van der Waals surface area contributed by atoms with Gasteiger partial charge in [-0.3, -0.25) is 4.90 Å². The third kappa shape index (κ3) is 3.65. The van der Waals surface area contributed by atoms with Gasteiger partial charge in [-0.15, -0.1) is 0 Å². The van der Waals surface area contributed by atoms with E-state index in [2.05, 4.69) is 10.2 Å². The molecule has 0 aromatic heterocycles. The molecule has 3 rings (SSSR count). The topological polar surface area (TPSA) is 52.7 Å². The molecule has 0 radical (unpaired) electrons. The molecule has 0 aliphatic carbocycles. The first-order valence-electron chi connectivity index (χ1n) is 7.72. The number of piperazine rings is 1. The van der Waals surface area contributed by atoms with E-state index in [9.17, 15) is 12.8 Å². The molecule has 0 saturated carbocycles. The van der Waals surface area contributed by atoms with Crippen LogP contribution in [0.4, 0.5) is 4.39 Å². The van der Waals surface area contributed by atoms with Gasteiger partial charge in [0.15, 0.2) is 0 Å². The lowest BCUT2D eigenvalue weighted by atomic mass is 10.2. The molecule has 2 aliphatic rings. The van der Waals surface area contributed by atoms with Gasteiger partial charge in [0, 0.05) is 38.8 Å². The van der Waals surface area contributed by atoms with Crippen LogP contribution in [0.3, 0.4) is 0 Å². The zero-order valence-electron chi connectivity index (χ0n) is 12.5. The highest BCUT2D eigenvalue weighted by atomic mass is 32.2. The first-order chi connectivity index (χ1) is 10.5. The zero-order chi connectivity index (χ0) is 15.6. The van der Waals surface area contributed by atoms with Crippen LogP contribution >= 0.6 is 0 Å². The molecule has 1 atom stereocenters. The van der Waals surface area contributed by atoms with E-state index in [1.165, 1.54) is 24.3 Å². The lowest BCUT2D eigenvalue weighted by molar-refractivity contribution is 0.145. The monoisotopic (exact) mass is 327 g/mol. The summed E-state index contributed by atoms with van der Waals surface area (Å²) in [5.41, 5.74) is 0.629. The maximum absolute atomic E-state index is 12.9. The Labute approximate surface area is 131 Å². The van der Waals surface area contributed by atoms with Crippen LogP contribution in [0.2, 0.25) is 0 Å². The summed E-state index contributed by atoms with van der Waals surface area (Å²) < 4.78 is 39.4. The van der Waals surface area contributed by atoms with Crippen molar-refractivity contribution < 1.29 is 12.8 Å². The van der Waals surface area contributed by atoms with Crippen molar-refractivity contribution in [3.8, 4) is 0 Å². The van der Waals surface area contributed by atoms with E-state index in [4.69, 9.17) is 0 Å². The van der Waals surface area contributed by atoms with E-state index in [1.54, 1.807) is 4.31 Å². The van der Waals surface area contributed by atoms with Crippen molar-refractivity contribution in [2.24, 2.45) is 0 Å². The van der Waals surface area contributed by atoms with Gasteiger partial charge in [-0.05, 0) is 30.7 Å². The summed E-state index contributed by atoms with van der Waals surface area (Å²) in [5.74, 6) is -0.405. The van der Waals surface area contributed by atoms with Crippen molar-refractivity contribution in [3.05, 3.63) is 35.6 Å². The normalized spacial score (nSPS) is 24.7. The van der Waals surface area contributed by atoms with Gasteiger partial charge in [0.25, 0.3) is 0 Å². The van der Waals surface area contributed by atoms with Gasteiger partial charge in [-0.1, -0.05) is 12.1 Å². The van der Waals surface area contributed by atoms with Gasteiger partial charge < -0.3 is 5.32 Å². The maximum atomic E-state index is 12.9. The third-order valence-electron chi connectivity index (χ3n) is 4.48. The Kier molecular flexibility index (Phi) is 4.77. The Hall–Kier alpha value is -1.02. The van der Waals surface area contributed by atoms with Crippen LogP contribution in [0.25, 0.3) is 0 Å². The average molecular weight is 327 g/mol. The number of halogens is 1. The molecular formula is C15H22FN3O2S. The number of nitrogens with zero attached hydrogens (tertiary/aromatic N) is 2. The molecule has 2 fully saturated rings. The van der Waals surface area contributed by atoms with Crippen LogP contribution in [0.1, 0.15) is 12.0 Å². The highest BCUT2D eigenvalue weighted by Gasteiger charge is 2.30. The largest absolute Gasteiger partial charge is 0.315 e. The minimum absolute atomic E-state index is 0.0573. The summed E-state index contributed by atoms with van der Waals surface area (Å²) in [6.45, 7) is 4.71. The molecule has 22 heavy (non-hydrogen) atoms. The predicted octanol–water partition coefficient (Wildman–Crippen LogP) is 0.635. The molecule has 2 heterocycles. The van der Waals surface area contributed by atoms with Crippen molar-refractivity contribution in [2.75, 3.05) is 39.3 Å². The Balaban J connectivity index is 1.58. The van der Waals surface area contributed by atoms with Gasteiger partial charge in [0.05, 0.1) is 5.75 Å². The smallest absolute Gasteiger partial charge is 0.218 e.